The molecule has 0 spiro atoms. The van der Waals surface area contributed by atoms with Gasteiger partial charge in [0.15, 0.2) is 0 Å². The van der Waals surface area contributed by atoms with Crippen LogP contribution in [0, 0.1) is 16.0 Å². The molecule has 1 saturated heterocycles. The van der Waals surface area contributed by atoms with E-state index < -0.39 is 4.92 Å². The maximum atomic E-state index is 12.1. The van der Waals surface area contributed by atoms with Crippen LogP contribution in [0.3, 0.4) is 0 Å². The Kier molecular flexibility index (Phi) is 4.72. The summed E-state index contributed by atoms with van der Waals surface area (Å²) in [5.41, 5.74) is 0.528. The smallest absolute Gasteiger partial charge is 0.283 e. The molecule has 0 saturated carbocycles. The largest absolute Gasteiger partial charge is 0.325 e. The van der Waals surface area contributed by atoms with Gasteiger partial charge in [0.2, 0.25) is 5.91 Å². The molecule has 108 valence electrons. The van der Waals surface area contributed by atoms with Crippen LogP contribution >= 0.6 is 15.9 Å². The van der Waals surface area contributed by atoms with Gasteiger partial charge in [-0.2, -0.15) is 0 Å². The Balaban J connectivity index is 2.04. The number of nitro benzene ring substituents is 1. The fraction of sp³-hybridized carbons (Fsp3) is 0.462. The van der Waals surface area contributed by atoms with Gasteiger partial charge in [0.1, 0.15) is 0 Å². The van der Waals surface area contributed by atoms with Crippen molar-refractivity contribution in [1.29, 1.82) is 0 Å². The van der Waals surface area contributed by atoms with Crippen molar-refractivity contribution in [3.05, 3.63) is 32.8 Å². The molecule has 2 rings (SSSR count). The molecule has 1 amide bonds. The van der Waals surface area contributed by atoms with Crippen molar-refractivity contribution in [2.75, 3.05) is 11.9 Å². The number of nitro groups is 1. The number of carbonyl (C=O) groups excluding carboxylic acids is 1. The van der Waals surface area contributed by atoms with E-state index in [0.29, 0.717) is 16.1 Å². The minimum atomic E-state index is -0.472. The molecule has 2 N–H and O–H groups in total. The van der Waals surface area contributed by atoms with Crippen LogP contribution in [0.15, 0.2) is 22.7 Å². The SMILES string of the molecule is CC1CCNC(C(=O)Nc2ccc([N+](=O)[O-])c(Br)c2)C1. The molecule has 0 radical (unpaired) electrons. The van der Waals surface area contributed by atoms with E-state index in [4.69, 9.17) is 0 Å². The van der Waals surface area contributed by atoms with Crippen molar-refractivity contribution < 1.29 is 9.72 Å². The Labute approximate surface area is 125 Å². The summed E-state index contributed by atoms with van der Waals surface area (Å²) in [5, 5.41) is 16.7. The van der Waals surface area contributed by atoms with E-state index in [1.807, 2.05) is 0 Å². The Morgan fingerprint density at radius 2 is 2.30 bits per heavy atom. The summed E-state index contributed by atoms with van der Waals surface area (Å²) in [6, 6.07) is 4.25. The van der Waals surface area contributed by atoms with Gasteiger partial charge in [-0.3, -0.25) is 14.9 Å². The highest BCUT2D eigenvalue weighted by molar-refractivity contribution is 9.10. The van der Waals surface area contributed by atoms with E-state index in [-0.39, 0.29) is 17.6 Å². The molecule has 1 aromatic rings. The molecule has 1 heterocycles. The number of rotatable bonds is 3. The third-order valence-electron chi connectivity index (χ3n) is 3.39. The fourth-order valence-electron chi connectivity index (χ4n) is 2.27. The second kappa shape index (κ2) is 6.32. The number of piperidine rings is 1. The second-order valence-electron chi connectivity index (χ2n) is 5.05. The number of anilines is 1. The Morgan fingerprint density at radius 1 is 1.55 bits per heavy atom. The summed E-state index contributed by atoms with van der Waals surface area (Å²) in [6.07, 6.45) is 1.88. The van der Waals surface area contributed by atoms with Crippen LogP contribution in [0.25, 0.3) is 0 Å². The molecule has 2 atom stereocenters. The third kappa shape index (κ3) is 3.55. The molecule has 6 nitrogen and oxygen atoms in total. The van der Waals surface area contributed by atoms with E-state index in [2.05, 4.69) is 33.5 Å². The number of nitrogens with one attached hydrogen (secondary N) is 2. The number of hydrogen-bond acceptors (Lipinski definition) is 4. The highest BCUT2D eigenvalue weighted by Gasteiger charge is 2.24. The van der Waals surface area contributed by atoms with Crippen LogP contribution in [0.5, 0.6) is 0 Å². The second-order valence-corrected chi connectivity index (χ2v) is 5.90. The standard InChI is InChI=1S/C13H16BrN3O3/c1-8-4-5-15-11(6-8)13(18)16-9-2-3-12(17(19)20)10(14)7-9/h2-3,7-8,11,15H,4-6H2,1H3,(H,16,18). The van der Waals surface area contributed by atoms with Crippen molar-refractivity contribution in [2.24, 2.45) is 5.92 Å². The molecule has 1 aliphatic heterocycles. The van der Waals surface area contributed by atoms with Crippen LogP contribution in [0.2, 0.25) is 0 Å². The summed E-state index contributed by atoms with van der Waals surface area (Å²) < 4.78 is 0.352. The number of benzene rings is 1. The maximum absolute atomic E-state index is 12.1. The van der Waals surface area contributed by atoms with E-state index in [0.717, 1.165) is 19.4 Å². The van der Waals surface area contributed by atoms with Gasteiger partial charge in [0.25, 0.3) is 5.69 Å². The van der Waals surface area contributed by atoms with Crippen LogP contribution < -0.4 is 10.6 Å². The summed E-state index contributed by atoms with van der Waals surface area (Å²) >= 11 is 3.13. The highest BCUT2D eigenvalue weighted by Crippen LogP contribution is 2.28. The lowest BCUT2D eigenvalue weighted by Crippen LogP contribution is -2.45. The first-order valence-electron chi connectivity index (χ1n) is 6.45. The van der Waals surface area contributed by atoms with Gasteiger partial charge in [-0.25, -0.2) is 0 Å². The first kappa shape index (κ1) is 14.9. The lowest BCUT2D eigenvalue weighted by Gasteiger charge is -2.27. The average Bonchev–Trinajstić information content (AvgIpc) is 2.38. The zero-order chi connectivity index (χ0) is 14.7. The van der Waals surface area contributed by atoms with Crippen LogP contribution in [-0.2, 0) is 4.79 Å². The molecular formula is C13H16BrN3O3. The van der Waals surface area contributed by atoms with Gasteiger partial charge in [-0.1, -0.05) is 6.92 Å². The predicted octanol–water partition coefficient (Wildman–Crippen LogP) is 2.68. The molecule has 1 aliphatic rings. The van der Waals surface area contributed by atoms with Gasteiger partial charge >= 0.3 is 0 Å². The monoisotopic (exact) mass is 341 g/mol. The molecule has 0 bridgehead atoms. The third-order valence-corrected chi connectivity index (χ3v) is 4.03. The highest BCUT2D eigenvalue weighted by atomic mass is 79.9. The van der Waals surface area contributed by atoms with Crippen molar-refractivity contribution in [3.63, 3.8) is 0 Å². The van der Waals surface area contributed by atoms with Gasteiger partial charge < -0.3 is 10.6 Å². The summed E-state index contributed by atoms with van der Waals surface area (Å²) in [7, 11) is 0. The topological polar surface area (TPSA) is 84.3 Å². The predicted molar refractivity (Wildman–Crippen MR) is 79.6 cm³/mol. The zero-order valence-electron chi connectivity index (χ0n) is 11.1. The molecular weight excluding hydrogens is 326 g/mol. The minimum absolute atomic E-state index is 0.0209. The van der Waals surface area contributed by atoms with Gasteiger partial charge in [-0.15, -0.1) is 0 Å². The van der Waals surface area contributed by atoms with E-state index in [1.165, 1.54) is 12.1 Å². The lowest BCUT2D eigenvalue weighted by atomic mass is 9.94. The number of amides is 1. The van der Waals surface area contributed by atoms with Gasteiger partial charge in [0, 0.05) is 11.8 Å². The molecule has 0 aromatic heterocycles. The number of halogens is 1. The summed E-state index contributed by atoms with van der Waals surface area (Å²) in [5.74, 6) is 0.424. The quantitative estimate of drug-likeness (QED) is 0.653. The molecule has 1 fully saturated rings. The maximum Gasteiger partial charge on any atom is 0.283 e. The van der Waals surface area contributed by atoms with Gasteiger partial charge in [-0.05, 0) is 53.4 Å². The number of hydrogen-bond donors (Lipinski definition) is 2. The Bertz CT molecular complexity index is 536. The van der Waals surface area contributed by atoms with Crippen molar-refractivity contribution in [3.8, 4) is 0 Å². The van der Waals surface area contributed by atoms with Crippen LogP contribution in [-0.4, -0.2) is 23.4 Å². The Morgan fingerprint density at radius 3 is 2.90 bits per heavy atom. The van der Waals surface area contributed by atoms with Crippen molar-refractivity contribution >= 4 is 33.2 Å². The molecule has 20 heavy (non-hydrogen) atoms. The van der Waals surface area contributed by atoms with E-state index in [9.17, 15) is 14.9 Å². The van der Waals surface area contributed by atoms with Crippen LogP contribution in [0.4, 0.5) is 11.4 Å². The summed E-state index contributed by atoms with van der Waals surface area (Å²) in [6.45, 7) is 2.97. The lowest BCUT2D eigenvalue weighted by molar-refractivity contribution is -0.385. The molecule has 2 unspecified atom stereocenters. The molecule has 1 aromatic carbocycles. The number of nitrogens with zero attached hydrogens (tertiary/aromatic N) is 1. The van der Waals surface area contributed by atoms with Crippen molar-refractivity contribution in [2.45, 2.75) is 25.8 Å². The minimum Gasteiger partial charge on any atom is -0.325 e. The van der Waals surface area contributed by atoms with E-state index >= 15 is 0 Å². The first-order chi connectivity index (χ1) is 9.47. The number of carbonyl (C=O) groups is 1. The van der Waals surface area contributed by atoms with Crippen molar-refractivity contribution in [1.82, 2.24) is 5.32 Å². The van der Waals surface area contributed by atoms with Gasteiger partial charge in [0.05, 0.1) is 15.4 Å². The first-order valence-corrected chi connectivity index (χ1v) is 7.25. The Hall–Kier alpha value is -1.47. The normalized spacial score (nSPS) is 22.3. The van der Waals surface area contributed by atoms with Crippen LogP contribution in [0.1, 0.15) is 19.8 Å². The average molecular weight is 342 g/mol. The zero-order valence-corrected chi connectivity index (χ0v) is 12.6. The van der Waals surface area contributed by atoms with E-state index in [1.54, 1.807) is 6.07 Å². The summed E-state index contributed by atoms with van der Waals surface area (Å²) in [4.78, 5) is 22.4. The molecule has 7 heteroatoms. The fourth-order valence-corrected chi connectivity index (χ4v) is 2.79. The molecule has 0 aliphatic carbocycles.